The Morgan fingerprint density at radius 3 is 2.29 bits per heavy atom. The van der Waals surface area contributed by atoms with Crippen molar-refractivity contribution < 1.29 is 14.3 Å². The molecule has 0 spiro atoms. The van der Waals surface area contributed by atoms with Gasteiger partial charge in [0, 0.05) is 19.4 Å². The van der Waals surface area contributed by atoms with Crippen molar-refractivity contribution in [3.63, 3.8) is 0 Å². The van der Waals surface area contributed by atoms with Crippen LogP contribution in [-0.4, -0.2) is 31.9 Å². The fraction of sp³-hybridized carbons (Fsp3) is 0.923. The van der Waals surface area contributed by atoms with Crippen molar-refractivity contribution in [1.82, 2.24) is 0 Å². The summed E-state index contributed by atoms with van der Waals surface area (Å²) in [6, 6.07) is 0. The van der Waals surface area contributed by atoms with Crippen molar-refractivity contribution in [2.75, 3.05) is 6.61 Å². The number of hydrogen-bond donors (Lipinski definition) is 1. The second kappa shape index (κ2) is 6.66. The van der Waals surface area contributed by atoms with Crippen LogP contribution < -0.4 is 0 Å². The van der Waals surface area contributed by atoms with Crippen LogP contribution in [0.4, 0.5) is 0 Å². The molecule has 0 saturated heterocycles. The fourth-order valence-electron chi connectivity index (χ4n) is 1.24. The molecule has 0 amide bonds. The van der Waals surface area contributed by atoms with Gasteiger partial charge in [0.25, 0.3) is 0 Å². The second-order valence-electron chi connectivity index (χ2n) is 6.30. The molecule has 0 aromatic carbocycles. The van der Waals surface area contributed by atoms with Crippen molar-refractivity contribution >= 4 is 14.1 Å². The molecule has 102 valence electrons. The van der Waals surface area contributed by atoms with Crippen LogP contribution in [-0.2, 0) is 9.22 Å². The standard InChI is InChI=1S/C13H28O3Si/c1-11(14)10-12(15)8-7-9-16-17(5,6)13(2,3)4/h11,14H,7-10H2,1-6H3/t11-/m1/s1. The fourth-order valence-corrected chi connectivity index (χ4v) is 2.33. The molecule has 4 heteroatoms. The average Bonchev–Trinajstić information content (AvgIpc) is 2.09. The summed E-state index contributed by atoms with van der Waals surface area (Å²) in [6.45, 7) is 13.3. The lowest BCUT2D eigenvalue weighted by atomic mass is 10.1. The lowest BCUT2D eigenvalue weighted by Gasteiger charge is -2.36. The Morgan fingerprint density at radius 2 is 1.88 bits per heavy atom. The van der Waals surface area contributed by atoms with Gasteiger partial charge in [-0.05, 0) is 31.5 Å². The minimum Gasteiger partial charge on any atom is -0.417 e. The zero-order valence-corrected chi connectivity index (χ0v) is 13.2. The summed E-state index contributed by atoms with van der Waals surface area (Å²) in [7, 11) is -1.67. The Hall–Kier alpha value is -0.193. The Balaban J connectivity index is 3.82. The molecule has 0 aromatic heterocycles. The molecule has 0 heterocycles. The Bertz CT molecular complexity index is 242. The molecule has 3 nitrogen and oxygen atoms in total. The largest absolute Gasteiger partial charge is 0.417 e. The first-order valence-corrected chi connectivity index (χ1v) is 9.31. The van der Waals surface area contributed by atoms with Crippen molar-refractivity contribution in [2.24, 2.45) is 0 Å². The molecule has 0 unspecified atom stereocenters. The Kier molecular flexibility index (Phi) is 6.59. The molecule has 17 heavy (non-hydrogen) atoms. The van der Waals surface area contributed by atoms with Crippen molar-refractivity contribution in [1.29, 1.82) is 0 Å². The number of carbonyl (C=O) groups excluding carboxylic acids is 1. The highest BCUT2D eigenvalue weighted by Gasteiger charge is 2.36. The first-order valence-electron chi connectivity index (χ1n) is 6.40. The van der Waals surface area contributed by atoms with E-state index < -0.39 is 14.4 Å². The van der Waals surface area contributed by atoms with Crippen LogP contribution >= 0.6 is 0 Å². The van der Waals surface area contributed by atoms with Gasteiger partial charge < -0.3 is 9.53 Å². The van der Waals surface area contributed by atoms with E-state index in [4.69, 9.17) is 9.53 Å². The highest BCUT2D eigenvalue weighted by atomic mass is 28.4. The van der Waals surface area contributed by atoms with Crippen LogP contribution in [0.2, 0.25) is 18.1 Å². The van der Waals surface area contributed by atoms with Gasteiger partial charge in [0.2, 0.25) is 0 Å². The van der Waals surface area contributed by atoms with E-state index >= 15 is 0 Å². The zero-order chi connectivity index (χ0) is 13.7. The molecular formula is C13H28O3Si. The molecule has 0 bridgehead atoms. The average molecular weight is 260 g/mol. The molecule has 0 aliphatic rings. The van der Waals surface area contributed by atoms with E-state index in [1.54, 1.807) is 6.92 Å². The molecule has 0 saturated carbocycles. The maximum Gasteiger partial charge on any atom is 0.191 e. The van der Waals surface area contributed by atoms with Gasteiger partial charge in [0.05, 0.1) is 6.10 Å². The van der Waals surface area contributed by atoms with Gasteiger partial charge in [-0.2, -0.15) is 0 Å². The topological polar surface area (TPSA) is 46.5 Å². The zero-order valence-electron chi connectivity index (χ0n) is 12.2. The van der Waals surface area contributed by atoms with Gasteiger partial charge in [-0.1, -0.05) is 20.8 Å². The number of aliphatic hydroxyl groups is 1. The first-order chi connectivity index (χ1) is 7.56. The molecule has 0 aromatic rings. The lowest BCUT2D eigenvalue weighted by Crippen LogP contribution is -2.41. The highest BCUT2D eigenvalue weighted by Crippen LogP contribution is 2.36. The van der Waals surface area contributed by atoms with Gasteiger partial charge in [-0.3, -0.25) is 4.79 Å². The van der Waals surface area contributed by atoms with Gasteiger partial charge in [-0.15, -0.1) is 0 Å². The van der Waals surface area contributed by atoms with Gasteiger partial charge in [-0.25, -0.2) is 0 Å². The maximum atomic E-state index is 11.4. The molecule has 0 fully saturated rings. The summed E-state index contributed by atoms with van der Waals surface area (Å²) in [6.07, 6.45) is 1.02. The normalized spacial score (nSPS) is 14.8. The van der Waals surface area contributed by atoms with E-state index in [0.29, 0.717) is 13.0 Å². The van der Waals surface area contributed by atoms with E-state index in [1.807, 2.05) is 0 Å². The SMILES string of the molecule is C[C@@H](O)CC(=O)CCCO[Si](C)(C)C(C)(C)C. The van der Waals surface area contributed by atoms with Crippen LogP contribution in [0.1, 0.15) is 47.0 Å². The quantitative estimate of drug-likeness (QED) is 0.565. The van der Waals surface area contributed by atoms with E-state index in [0.717, 1.165) is 6.42 Å². The second-order valence-corrected chi connectivity index (χ2v) is 11.1. The van der Waals surface area contributed by atoms with E-state index in [9.17, 15) is 4.79 Å². The van der Waals surface area contributed by atoms with Crippen LogP contribution in [0.3, 0.4) is 0 Å². The molecular weight excluding hydrogens is 232 g/mol. The third kappa shape index (κ3) is 6.96. The third-order valence-electron chi connectivity index (χ3n) is 3.39. The molecule has 1 atom stereocenters. The lowest BCUT2D eigenvalue weighted by molar-refractivity contribution is -0.120. The van der Waals surface area contributed by atoms with E-state index in [-0.39, 0.29) is 17.2 Å². The van der Waals surface area contributed by atoms with Crippen LogP contribution in [0.15, 0.2) is 0 Å². The number of rotatable bonds is 7. The molecule has 0 rings (SSSR count). The van der Waals surface area contributed by atoms with Crippen LogP contribution in [0.25, 0.3) is 0 Å². The maximum absolute atomic E-state index is 11.4. The number of Topliss-reactive ketones (excluding diaryl/α,β-unsaturated/α-hetero) is 1. The Labute approximate surface area is 107 Å². The molecule has 0 radical (unpaired) electrons. The minimum absolute atomic E-state index is 0.124. The highest BCUT2D eigenvalue weighted by molar-refractivity contribution is 6.74. The minimum atomic E-state index is -1.67. The first kappa shape index (κ1) is 16.8. The number of ketones is 1. The van der Waals surface area contributed by atoms with E-state index in [2.05, 4.69) is 33.9 Å². The summed E-state index contributed by atoms with van der Waals surface area (Å²) in [5.74, 6) is 0.124. The van der Waals surface area contributed by atoms with Crippen molar-refractivity contribution in [3.05, 3.63) is 0 Å². The predicted molar refractivity (Wildman–Crippen MR) is 73.7 cm³/mol. The summed E-state index contributed by atoms with van der Waals surface area (Å²) < 4.78 is 5.97. The third-order valence-corrected chi connectivity index (χ3v) is 7.93. The Morgan fingerprint density at radius 1 is 1.35 bits per heavy atom. The summed E-state index contributed by atoms with van der Waals surface area (Å²) in [4.78, 5) is 11.4. The smallest absolute Gasteiger partial charge is 0.191 e. The summed E-state index contributed by atoms with van der Waals surface area (Å²) >= 11 is 0. The van der Waals surface area contributed by atoms with E-state index in [1.165, 1.54) is 0 Å². The number of aliphatic hydroxyl groups excluding tert-OH is 1. The van der Waals surface area contributed by atoms with Gasteiger partial charge in [0.15, 0.2) is 8.32 Å². The van der Waals surface area contributed by atoms with Crippen molar-refractivity contribution in [2.45, 2.75) is 71.2 Å². The molecule has 1 N–H and O–H groups in total. The predicted octanol–water partition coefficient (Wildman–Crippen LogP) is 3.13. The van der Waals surface area contributed by atoms with Crippen LogP contribution in [0, 0.1) is 0 Å². The molecule has 0 aliphatic carbocycles. The number of hydrogen-bond acceptors (Lipinski definition) is 3. The molecule has 0 aliphatic heterocycles. The number of carbonyl (C=O) groups is 1. The summed E-state index contributed by atoms with van der Waals surface area (Å²) in [5, 5.41) is 9.29. The van der Waals surface area contributed by atoms with Gasteiger partial charge in [0.1, 0.15) is 5.78 Å². The van der Waals surface area contributed by atoms with Crippen LogP contribution in [0.5, 0.6) is 0 Å². The van der Waals surface area contributed by atoms with Crippen molar-refractivity contribution in [3.8, 4) is 0 Å². The monoisotopic (exact) mass is 260 g/mol. The van der Waals surface area contributed by atoms with Gasteiger partial charge >= 0.3 is 0 Å². The summed E-state index contributed by atoms with van der Waals surface area (Å²) in [5.41, 5.74) is 0.